The molecule has 34 heavy (non-hydrogen) atoms. The minimum absolute atomic E-state index is 0.114. The normalized spacial score (nSPS) is 18.4. The fourth-order valence-electron chi connectivity index (χ4n) is 4.75. The van der Waals surface area contributed by atoms with E-state index in [1.165, 1.54) is 0 Å². The Hall–Kier alpha value is -3.36. The van der Waals surface area contributed by atoms with Crippen LogP contribution in [0.5, 0.6) is 11.5 Å². The van der Waals surface area contributed by atoms with Crippen LogP contribution in [0.3, 0.4) is 0 Å². The number of hydrogen-bond donors (Lipinski definition) is 0. The predicted molar refractivity (Wildman–Crippen MR) is 127 cm³/mol. The highest BCUT2D eigenvalue weighted by Gasteiger charge is 2.43. The first-order valence-corrected chi connectivity index (χ1v) is 11.6. The number of morpholine rings is 1. The molecule has 2 aliphatic rings. The van der Waals surface area contributed by atoms with Crippen molar-refractivity contribution in [2.75, 3.05) is 53.1 Å². The van der Waals surface area contributed by atoms with Gasteiger partial charge in [0.1, 0.15) is 5.58 Å². The van der Waals surface area contributed by atoms with E-state index in [4.69, 9.17) is 18.6 Å². The van der Waals surface area contributed by atoms with Crippen LogP contribution in [0.25, 0.3) is 11.0 Å². The minimum atomic E-state index is -0.575. The monoisotopic (exact) mass is 464 g/mol. The fraction of sp³-hybridized carbons (Fsp3) is 0.385. The van der Waals surface area contributed by atoms with E-state index in [1.807, 2.05) is 25.1 Å². The van der Waals surface area contributed by atoms with Crippen LogP contribution in [0, 0.1) is 0 Å². The van der Waals surface area contributed by atoms with E-state index in [0.717, 1.165) is 18.7 Å². The van der Waals surface area contributed by atoms with Crippen molar-refractivity contribution in [3.63, 3.8) is 0 Å². The number of rotatable bonds is 7. The number of para-hydroxylation sites is 1. The van der Waals surface area contributed by atoms with Gasteiger partial charge in [0.15, 0.2) is 16.9 Å². The molecule has 0 N–H and O–H groups in total. The molecule has 0 radical (unpaired) electrons. The van der Waals surface area contributed by atoms with Gasteiger partial charge in [0.2, 0.25) is 5.76 Å². The average Bonchev–Trinajstić information content (AvgIpc) is 3.15. The summed E-state index contributed by atoms with van der Waals surface area (Å²) in [5.74, 6) is 1.01. The van der Waals surface area contributed by atoms with Gasteiger partial charge in [-0.05, 0) is 36.8 Å². The molecule has 5 rings (SSSR count). The van der Waals surface area contributed by atoms with E-state index in [9.17, 15) is 9.59 Å². The summed E-state index contributed by atoms with van der Waals surface area (Å²) >= 11 is 0. The van der Waals surface area contributed by atoms with Crippen LogP contribution in [0.1, 0.15) is 34.6 Å². The molecule has 0 saturated carbocycles. The third kappa shape index (κ3) is 3.93. The summed E-state index contributed by atoms with van der Waals surface area (Å²) in [5.41, 5.74) is 1.38. The lowest BCUT2D eigenvalue weighted by molar-refractivity contribution is 0.0314. The molecule has 3 heterocycles. The zero-order valence-corrected chi connectivity index (χ0v) is 19.4. The number of amides is 1. The van der Waals surface area contributed by atoms with Gasteiger partial charge in [0.05, 0.1) is 43.9 Å². The quantitative estimate of drug-likeness (QED) is 0.532. The third-order valence-corrected chi connectivity index (χ3v) is 6.44. The third-order valence-electron chi connectivity index (χ3n) is 6.44. The molecule has 3 aromatic rings. The lowest BCUT2D eigenvalue weighted by Gasteiger charge is -2.31. The summed E-state index contributed by atoms with van der Waals surface area (Å²) in [4.78, 5) is 31.2. The molecular formula is C26H28N2O6. The summed E-state index contributed by atoms with van der Waals surface area (Å²) < 4.78 is 22.7. The number of hydrogen-bond acceptors (Lipinski definition) is 7. The number of nitrogens with zero attached hydrogens (tertiary/aromatic N) is 2. The molecule has 1 amide bonds. The predicted octanol–water partition coefficient (Wildman–Crippen LogP) is 3.08. The number of fused-ring (bicyclic) bond motifs is 2. The molecule has 1 aromatic heterocycles. The fourth-order valence-corrected chi connectivity index (χ4v) is 4.75. The number of benzene rings is 2. The van der Waals surface area contributed by atoms with Crippen molar-refractivity contribution in [2.45, 2.75) is 13.0 Å². The first-order valence-electron chi connectivity index (χ1n) is 11.6. The Kier molecular flexibility index (Phi) is 6.26. The largest absolute Gasteiger partial charge is 0.493 e. The maximum absolute atomic E-state index is 13.6. The second-order valence-electron chi connectivity index (χ2n) is 8.37. The van der Waals surface area contributed by atoms with E-state index in [1.54, 1.807) is 36.3 Å². The second kappa shape index (κ2) is 9.48. The molecule has 0 aliphatic carbocycles. The van der Waals surface area contributed by atoms with Crippen molar-refractivity contribution in [3.05, 3.63) is 69.6 Å². The number of ether oxygens (including phenoxy) is 3. The SMILES string of the molecule is CCOc1ccc([C@@H]2c3c(oc4ccccc4c3=O)C(=O)N2CCN2CCOCC2)cc1OC. The minimum Gasteiger partial charge on any atom is -0.493 e. The molecule has 0 unspecified atom stereocenters. The standard InChI is InChI=1S/C26H28N2O6/c1-3-33-20-9-8-17(16-21(20)31-2)23-22-24(29)18-6-4-5-7-19(18)34-25(22)26(30)28(23)11-10-27-12-14-32-15-13-27/h4-9,16,23H,3,10-15H2,1-2H3/t23-/m1/s1. The van der Waals surface area contributed by atoms with Crippen LogP contribution in [-0.2, 0) is 4.74 Å². The van der Waals surface area contributed by atoms with Crippen molar-refractivity contribution < 1.29 is 23.4 Å². The van der Waals surface area contributed by atoms with Gasteiger partial charge in [0, 0.05) is 26.2 Å². The molecule has 0 bridgehead atoms. The smallest absolute Gasteiger partial charge is 0.290 e. The first kappa shape index (κ1) is 22.4. The van der Waals surface area contributed by atoms with Gasteiger partial charge in [-0.1, -0.05) is 18.2 Å². The van der Waals surface area contributed by atoms with E-state index >= 15 is 0 Å². The highest BCUT2D eigenvalue weighted by Crippen LogP contribution is 2.40. The molecule has 8 heteroatoms. The van der Waals surface area contributed by atoms with E-state index in [2.05, 4.69) is 4.90 Å². The van der Waals surface area contributed by atoms with Crippen LogP contribution in [0.2, 0.25) is 0 Å². The van der Waals surface area contributed by atoms with Gasteiger partial charge < -0.3 is 23.5 Å². The van der Waals surface area contributed by atoms with Gasteiger partial charge >= 0.3 is 0 Å². The average molecular weight is 465 g/mol. The molecule has 0 spiro atoms. The van der Waals surface area contributed by atoms with Crippen LogP contribution in [-0.4, -0.2) is 68.8 Å². The van der Waals surface area contributed by atoms with Crippen LogP contribution in [0.15, 0.2) is 51.7 Å². The van der Waals surface area contributed by atoms with Crippen molar-refractivity contribution >= 4 is 16.9 Å². The Balaban J connectivity index is 1.60. The number of methoxy groups -OCH3 is 1. The molecule has 8 nitrogen and oxygen atoms in total. The molecule has 1 saturated heterocycles. The van der Waals surface area contributed by atoms with Crippen LogP contribution in [0.4, 0.5) is 0 Å². The second-order valence-corrected chi connectivity index (χ2v) is 8.37. The molecular weight excluding hydrogens is 436 g/mol. The van der Waals surface area contributed by atoms with Crippen molar-refractivity contribution in [1.82, 2.24) is 9.80 Å². The van der Waals surface area contributed by atoms with Gasteiger partial charge in [-0.3, -0.25) is 14.5 Å². The Morgan fingerprint density at radius 3 is 2.59 bits per heavy atom. The lowest BCUT2D eigenvalue weighted by Crippen LogP contribution is -2.42. The highest BCUT2D eigenvalue weighted by atomic mass is 16.5. The molecule has 2 aliphatic heterocycles. The maximum Gasteiger partial charge on any atom is 0.290 e. The van der Waals surface area contributed by atoms with Gasteiger partial charge in [-0.15, -0.1) is 0 Å². The lowest BCUT2D eigenvalue weighted by atomic mass is 9.98. The Bertz CT molecular complexity index is 1260. The molecule has 2 aromatic carbocycles. The summed E-state index contributed by atoms with van der Waals surface area (Å²) in [5, 5.41) is 0.465. The van der Waals surface area contributed by atoms with E-state index in [-0.39, 0.29) is 17.1 Å². The Labute approximate surface area is 197 Å². The number of carbonyl (C=O) groups is 1. The van der Waals surface area contributed by atoms with Gasteiger partial charge in [-0.25, -0.2) is 0 Å². The van der Waals surface area contributed by atoms with Crippen molar-refractivity contribution in [3.8, 4) is 11.5 Å². The summed E-state index contributed by atoms with van der Waals surface area (Å²) in [6, 6.07) is 12.0. The summed E-state index contributed by atoms with van der Waals surface area (Å²) in [6.45, 7) is 6.54. The zero-order valence-electron chi connectivity index (χ0n) is 19.4. The zero-order chi connectivity index (χ0) is 23.7. The first-order chi connectivity index (χ1) is 16.6. The Morgan fingerprint density at radius 2 is 1.82 bits per heavy atom. The van der Waals surface area contributed by atoms with Gasteiger partial charge in [0.25, 0.3) is 5.91 Å². The van der Waals surface area contributed by atoms with E-state index < -0.39 is 6.04 Å². The molecule has 1 atom stereocenters. The number of carbonyl (C=O) groups excluding carboxylic acids is 1. The summed E-state index contributed by atoms with van der Waals surface area (Å²) in [7, 11) is 1.58. The topological polar surface area (TPSA) is 81.5 Å². The van der Waals surface area contributed by atoms with Crippen molar-refractivity contribution in [2.24, 2.45) is 0 Å². The van der Waals surface area contributed by atoms with Crippen LogP contribution < -0.4 is 14.9 Å². The van der Waals surface area contributed by atoms with Gasteiger partial charge in [-0.2, -0.15) is 0 Å². The van der Waals surface area contributed by atoms with Crippen molar-refractivity contribution in [1.29, 1.82) is 0 Å². The maximum atomic E-state index is 13.6. The highest BCUT2D eigenvalue weighted by molar-refractivity contribution is 5.99. The molecule has 178 valence electrons. The Morgan fingerprint density at radius 1 is 1.03 bits per heavy atom. The van der Waals surface area contributed by atoms with E-state index in [0.29, 0.717) is 60.9 Å². The summed E-state index contributed by atoms with van der Waals surface area (Å²) in [6.07, 6.45) is 0. The van der Waals surface area contributed by atoms with Crippen LogP contribution >= 0.6 is 0 Å². The molecule has 1 fully saturated rings.